The van der Waals surface area contributed by atoms with Gasteiger partial charge < -0.3 is 20.1 Å². The van der Waals surface area contributed by atoms with Crippen LogP contribution in [0.1, 0.15) is 42.7 Å². The lowest BCUT2D eigenvalue weighted by Gasteiger charge is -2.28. The minimum atomic E-state index is -0.748. The summed E-state index contributed by atoms with van der Waals surface area (Å²) in [6, 6.07) is 16.2. The van der Waals surface area contributed by atoms with E-state index in [1.807, 2.05) is 24.3 Å². The average Bonchev–Trinajstić information content (AvgIpc) is 3.78. The molecule has 0 spiro atoms. The third-order valence-electron chi connectivity index (χ3n) is 8.37. The molecular formula is C28H30N2O5. The van der Waals surface area contributed by atoms with Gasteiger partial charge in [0.1, 0.15) is 6.61 Å². The van der Waals surface area contributed by atoms with Gasteiger partial charge in [0, 0.05) is 31.5 Å². The maximum atomic E-state index is 13.0. The lowest BCUT2D eigenvalue weighted by molar-refractivity contribution is -0.139. The molecule has 7 heteroatoms. The number of benzene rings is 2. The van der Waals surface area contributed by atoms with Gasteiger partial charge in [0.15, 0.2) is 0 Å². The van der Waals surface area contributed by atoms with Crippen molar-refractivity contribution in [3.05, 3.63) is 59.7 Å². The molecule has 0 radical (unpaired) electrons. The van der Waals surface area contributed by atoms with E-state index in [0.29, 0.717) is 19.0 Å². The highest BCUT2D eigenvalue weighted by Gasteiger charge is 2.57. The lowest BCUT2D eigenvalue weighted by Crippen LogP contribution is -2.44. The quantitative estimate of drug-likeness (QED) is 0.635. The molecule has 1 aliphatic heterocycles. The van der Waals surface area contributed by atoms with Gasteiger partial charge in [-0.2, -0.15) is 0 Å². The Hall–Kier alpha value is -3.35. The number of aliphatic carboxylic acids is 1. The molecule has 2 saturated carbocycles. The van der Waals surface area contributed by atoms with Crippen LogP contribution in [0.5, 0.6) is 0 Å². The zero-order valence-corrected chi connectivity index (χ0v) is 19.6. The number of carbonyl (C=O) groups excluding carboxylic acids is 2. The van der Waals surface area contributed by atoms with Crippen LogP contribution in [0.4, 0.5) is 4.79 Å². The lowest BCUT2D eigenvalue weighted by atomic mass is 9.98. The Labute approximate surface area is 204 Å². The summed E-state index contributed by atoms with van der Waals surface area (Å²) in [5, 5.41) is 12.3. The minimum Gasteiger partial charge on any atom is -0.481 e. The Morgan fingerprint density at radius 3 is 2.26 bits per heavy atom. The van der Waals surface area contributed by atoms with E-state index in [-0.39, 0.29) is 48.6 Å². The highest BCUT2D eigenvalue weighted by Crippen LogP contribution is 2.51. The van der Waals surface area contributed by atoms with Gasteiger partial charge in [0.05, 0.1) is 5.92 Å². The Morgan fingerprint density at radius 2 is 1.63 bits per heavy atom. The van der Waals surface area contributed by atoms with Crippen molar-refractivity contribution in [2.75, 3.05) is 19.7 Å². The fourth-order valence-electron chi connectivity index (χ4n) is 6.27. The van der Waals surface area contributed by atoms with E-state index in [0.717, 1.165) is 19.3 Å². The second kappa shape index (κ2) is 8.70. The van der Waals surface area contributed by atoms with Gasteiger partial charge in [-0.25, -0.2) is 4.79 Å². The predicted octanol–water partition coefficient (Wildman–Crippen LogP) is 3.87. The van der Waals surface area contributed by atoms with E-state index < -0.39 is 12.1 Å². The van der Waals surface area contributed by atoms with Gasteiger partial charge in [-0.1, -0.05) is 48.5 Å². The first-order valence-corrected chi connectivity index (χ1v) is 12.6. The molecule has 2 aromatic rings. The molecule has 0 bridgehead atoms. The summed E-state index contributed by atoms with van der Waals surface area (Å²) < 4.78 is 5.70. The molecule has 2 aromatic carbocycles. The monoisotopic (exact) mass is 474 g/mol. The number of amides is 2. The SMILES string of the molecule is O=C(NC(CC(=O)N1CC[C@H]2C(C(=O)O)[C@H]2C1)C1CC1)OCC1c2ccccc2-c2ccccc21. The van der Waals surface area contributed by atoms with Crippen molar-refractivity contribution in [3.63, 3.8) is 0 Å². The molecule has 1 heterocycles. The zero-order chi connectivity index (χ0) is 24.1. The highest BCUT2D eigenvalue weighted by molar-refractivity contribution is 5.80. The second-order valence-electron chi connectivity index (χ2n) is 10.4. The van der Waals surface area contributed by atoms with Crippen molar-refractivity contribution >= 4 is 18.0 Å². The maximum Gasteiger partial charge on any atom is 0.407 e. The molecule has 0 aromatic heterocycles. The first-order valence-electron chi connectivity index (χ1n) is 12.6. The number of hydrogen-bond acceptors (Lipinski definition) is 4. The van der Waals surface area contributed by atoms with Crippen LogP contribution >= 0.6 is 0 Å². The molecule has 3 aliphatic carbocycles. The van der Waals surface area contributed by atoms with E-state index in [4.69, 9.17) is 4.74 Å². The van der Waals surface area contributed by atoms with Crippen LogP contribution in [0.3, 0.4) is 0 Å². The topological polar surface area (TPSA) is 95.9 Å². The Morgan fingerprint density at radius 1 is 0.971 bits per heavy atom. The molecule has 1 saturated heterocycles. The van der Waals surface area contributed by atoms with Gasteiger partial charge in [-0.15, -0.1) is 0 Å². The highest BCUT2D eigenvalue weighted by atomic mass is 16.5. The molecule has 35 heavy (non-hydrogen) atoms. The van der Waals surface area contributed by atoms with Crippen molar-refractivity contribution in [2.24, 2.45) is 23.7 Å². The maximum absolute atomic E-state index is 13.0. The fraction of sp³-hybridized carbons (Fsp3) is 0.464. The van der Waals surface area contributed by atoms with Crippen molar-refractivity contribution in [2.45, 2.75) is 37.6 Å². The Bertz CT molecular complexity index is 1130. The first kappa shape index (κ1) is 22.1. The number of carboxylic acids is 1. The number of nitrogens with zero attached hydrogens (tertiary/aromatic N) is 1. The largest absolute Gasteiger partial charge is 0.481 e. The number of ether oxygens (including phenoxy) is 1. The van der Waals surface area contributed by atoms with Crippen molar-refractivity contribution < 1.29 is 24.2 Å². The van der Waals surface area contributed by atoms with Gasteiger partial charge >= 0.3 is 12.1 Å². The zero-order valence-electron chi connectivity index (χ0n) is 19.6. The smallest absolute Gasteiger partial charge is 0.407 e. The van der Waals surface area contributed by atoms with Crippen LogP contribution < -0.4 is 5.32 Å². The summed E-state index contributed by atoms with van der Waals surface area (Å²) in [7, 11) is 0. The molecule has 2 amide bonds. The van der Waals surface area contributed by atoms with Crippen LogP contribution in [-0.2, 0) is 14.3 Å². The molecule has 7 nitrogen and oxygen atoms in total. The van der Waals surface area contributed by atoms with Gasteiger partial charge in [-0.05, 0) is 59.3 Å². The van der Waals surface area contributed by atoms with E-state index in [1.54, 1.807) is 4.90 Å². The van der Waals surface area contributed by atoms with Gasteiger partial charge in [0.2, 0.25) is 5.91 Å². The third kappa shape index (κ3) is 4.17. The number of carboxylic acid groups (broad SMARTS) is 1. The predicted molar refractivity (Wildman–Crippen MR) is 129 cm³/mol. The van der Waals surface area contributed by atoms with Crippen molar-refractivity contribution in [1.29, 1.82) is 0 Å². The molecule has 2 N–H and O–H groups in total. The number of nitrogens with one attached hydrogen (secondary N) is 1. The summed E-state index contributed by atoms with van der Waals surface area (Å²) >= 11 is 0. The number of piperidine rings is 1. The average molecular weight is 475 g/mol. The number of fused-ring (bicyclic) bond motifs is 4. The summed E-state index contributed by atoms with van der Waals surface area (Å²) in [5.41, 5.74) is 4.70. The van der Waals surface area contributed by atoms with E-state index >= 15 is 0 Å². The fourth-order valence-corrected chi connectivity index (χ4v) is 6.27. The van der Waals surface area contributed by atoms with Crippen LogP contribution in [0.2, 0.25) is 0 Å². The van der Waals surface area contributed by atoms with Crippen molar-refractivity contribution in [1.82, 2.24) is 10.2 Å². The number of rotatable bonds is 7. The normalized spacial score (nSPS) is 25.1. The number of carbonyl (C=O) groups is 3. The molecule has 4 atom stereocenters. The van der Waals surface area contributed by atoms with Crippen LogP contribution in [-0.4, -0.2) is 53.7 Å². The van der Waals surface area contributed by atoms with Gasteiger partial charge in [0.25, 0.3) is 0 Å². The molecule has 2 unspecified atom stereocenters. The first-order chi connectivity index (χ1) is 17.0. The number of alkyl carbamates (subject to hydrolysis) is 1. The number of likely N-dealkylation sites (tertiary alicyclic amines) is 1. The van der Waals surface area contributed by atoms with Gasteiger partial charge in [-0.3, -0.25) is 9.59 Å². The van der Waals surface area contributed by atoms with Crippen molar-refractivity contribution in [3.8, 4) is 11.1 Å². The Kier molecular flexibility index (Phi) is 5.50. The van der Waals surface area contributed by atoms with E-state index in [2.05, 4.69) is 29.6 Å². The summed E-state index contributed by atoms with van der Waals surface area (Å²) in [6.07, 6.45) is 2.50. The van der Waals surface area contributed by atoms with Crippen LogP contribution in [0, 0.1) is 23.7 Å². The second-order valence-corrected chi connectivity index (χ2v) is 10.4. The summed E-state index contributed by atoms with van der Waals surface area (Å²) in [4.78, 5) is 38.9. The molecular weight excluding hydrogens is 444 g/mol. The molecule has 4 aliphatic rings. The van der Waals surface area contributed by atoms with E-state index in [9.17, 15) is 19.5 Å². The molecule has 3 fully saturated rings. The molecule has 6 rings (SSSR count). The summed E-state index contributed by atoms with van der Waals surface area (Å²) in [5.74, 6) is -0.460. The van der Waals surface area contributed by atoms with Crippen LogP contribution in [0.25, 0.3) is 11.1 Å². The Balaban J connectivity index is 1.06. The van der Waals surface area contributed by atoms with Crippen LogP contribution in [0.15, 0.2) is 48.5 Å². The standard InChI is InChI=1S/C28H30N2O5/c31-25(30-12-11-21-22(14-30)26(21)27(32)33)13-24(16-9-10-16)29-28(34)35-15-23-19-7-3-1-5-17(19)18-6-2-4-8-20(18)23/h1-8,16,21-24,26H,9-15H2,(H,29,34)(H,32,33)/t21-,22+,24?,26?/m1/s1. The number of hydrogen-bond donors (Lipinski definition) is 2. The minimum absolute atomic E-state index is 0.00354. The van der Waals surface area contributed by atoms with E-state index in [1.165, 1.54) is 22.3 Å². The summed E-state index contributed by atoms with van der Waals surface area (Å²) in [6.45, 7) is 1.37. The molecule has 182 valence electrons. The third-order valence-corrected chi connectivity index (χ3v) is 8.37.